The second-order valence-corrected chi connectivity index (χ2v) is 5.02. The summed E-state index contributed by atoms with van der Waals surface area (Å²) >= 11 is 0. The summed E-state index contributed by atoms with van der Waals surface area (Å²) < 4.78 is 5.52. The Balaban J connectivity index is 2.07. The monoisotopic (exact) mass is 220 g/mol. The van der Waals surface area contributed by atoms with Gasteiger partial charge in [-0.05, 0) is 12.0 Å². The van der Waals surface area contributed by atoms with Gasteiger partial charge in [-0.3, -0.25) is 0 Å². The van der Waals surface area contributed by atoms with E-state index in [0.717, 1.165) is 12.8 Å². The molecule has 82 valence electrons. The molecule has 1 rings (SSSR count). The molecule has 1 nitrogen and oxygen atoms in total. The van der Waals surface area contributed by atoms with E-state index in [9.17, 15) is 0 Å². The van der Waals surface area contributed by atoms with Gasteiger partial charge in [-0.15, -0.1) is 0 Å². The summed E-state index contributed by atoms with van der Waals surface area (Å²) in [6.07, 6.45) is 5.59. The smallest absolute Gasteiger partial charge is 0.0757 e. The summed E-state index contributed by atoms with van der Waals surface area (Å²) in [6.45, 7) is 3.12. The molecule has 0 bridgehead atoms. The molecular weight excluding hydrogens is 200 g/mol. The molecule has 0 saturated heterocycles. The minimum atomic E-state index is -0.163. The highest BCUT2D eigenvalue weighted by Gasteiger charge is 1.86. The first kappa shape index (κ1) is 12.2. The van der Waals surface area contributed by atoms with Crippen LogP contribution in [0.2, 0.25) is 0 Å². The minimum Gasteiger partial charge on any atom is -0.385 e. The Bertz CT molecular complexity index is 269. The van der Waals surface area contributed by atoms with Gasteiger partial charge in [-0.25, -0.2) is 0 Å². The van der Waals surface area contributed by atoms with E-state index in [1.54, 1.807) is 0 Å². The zero-order chi connectivity index (χ0) is 10.8. The molecule has 0 amide bonds. The van der Waals surface area contributed by atoms with E-state index in [0.29, 0.717) is 0 Å². The minimum absolute atomic E-state index is 0.163. The van der Waals surface area contributed by atoms with E-state index in [1.165, 1.54) is 18.4 Å². The molecule has 0 spiro atoms. The Morgan fingerprint density at radius 3 is 2.80 bits per heavy atom. The Hall–Kier alpha value is -0.863. The van der Waals surface area contributed by atoms with Crippen molar-refractivity contribution in [3.8, 4) is 0 Å². The second kappa shape index (κ2) is 8.45. The number of rotatable bonds is 7. The third-order valence-corrected chi connectivity index (χ3v) is 3.27. The third-order valence-electron chi connectivity index (χ3n) is 2.18. The Kier molecular flexibility index (Phi) is 6.87. The van der Waals surface area contributed by atoms with Crippen molar-refractivity contribution in [3.63, 3.8) is 0 Å². The van der Waals surface area contributed by atoms with Crippen LogP contribution in [0.15, 0.2) is 36.0 Å². The molecule has 0 saturated carbocycles. The van der Waals surface area contributed by atoms with Gasteiger partial charge >= 0.3 is 0 Å². The summed E-state index contributed by atoms with van der Waals surface area (Å²) in [5.74, 6) is 0. The quantitative estimate of drug-likeness (QED) is 0.507. The van der Waals surface area contributed by atoms with E-state index < -0.39 is 0 Å². The molecule has 0 N–H and O–H groups in total. The lowest BCUT2D eigenvalue weighted by molar-refractivity contribution is 0.174. The van der Waals surface area contributed by atoms with Crippen molar-refractivity contribution in [2.75, 3.05) is 12.8 Å². The average molecular weight is 220 g/mol. The average Bonchev–Trinajstić information content (AvgIpc) is 2.29. The van der Waals surface area contributed by atoms with E-state index in [2.05, 4.69) is 43.0 Å². The molecule has 0 fully saturated rings. The van der Waals surface area contributed by atoms with Crippen LogP contribution in [-0.2, 0) is 4.74 Å². The van der Waals surface area contributed by atoms with Gasteiger partial charge in [-0.1, -0.05) is 55.5 Å². The number of hydrogen-bond donors (Lipinski definition) is 0. The van der Waals surface area contributed by atoms with Crippen LogP contribution < -0.4 is 0 Å². The summed E-state index contributed by atoms with van der Waals surface area (Å²) in [4.78, 5) is 0. The number of hydrogen-bond acceptors (Lipinski definition) is 1. The van der Waals surface area contributed by atoms with Crippen LogP contribution in [-0.4, -0.2) is 22.4 Å². The van der Waals surface area contributed by atoms with Crippen LogP contribution in [0.4, 0.5) is 0 Å². The van der Waals surface area contributed by atoms with Crippen molar-refractivity contribution < 1.29 is 4.74 Å². The highest BCUT2D eigenvalue weighted by atomic mass is 28.2. The summed E-state index contributed by atoms with van der Waals surface area (Å²) in [6, 6.07) is 10.4. The van der Waals surface area contributed by atoms with Gasteiger partial charge in [0.2, 0.25) is 0 Å². The fourth-order valence-corrected chi connectivity index (χ4v) is 2.23. The van der Waals surface area contributed by atoms with Crippen molar-refractivity contribution in [3.05, 3.63) is 41.6 Å². The number of unbranched alkanes of at least 4 members (excludes halogenated alkanes) is 1. The van der Waals surface area contributed by atoms with E-state index >= 15 is 0 Å². The normalized spacial score (nSPS) is 11.8. The standard InChI is InChI=1S/C13H20OSi/c1-2-3-10-14-12-15-11-9-13-7-5-4-6-8-13/h4-9,11H,2-3,10,12,15H2,1H3. The van der Waals surface area contributed by atoms with Gasteiger partial charge in [0, 0.05) is 12.8 Å². The van der Waals surface area contributed by atoms with E-state index in [-0.39, 0.29) is 9.52 Å². The maximum atomic E-state index is 5.52. The van der Waals surface area contributed by atoms with Crippen molar-refractivity contribution in [1.82, 2.24) is 0 Å². The Morgan fingerprint density at radius 1 is 1.27 bits per heavy atom. The molecule has 0 aliphatic carbocycles. The van der Waals surface area contributed by atoms with Crippen LogP contribution in [0, 0.1) is 0 Å². The van der Waals surface area contributed by atoms with Crippen molar-refractivity contribution in [2.45, 2.75) is 19.8 Å². The highest BCUT2D eigenvalue weighted by molar-refractivity contribution is 6.42. The molecule has 0 aliphatic heterocycles. The maximum Gasteiger partial charge on any atom is 0.0757 e. The Morgan fingerprint density at radius 2 is 2.07 bits per heavy atom. The first-order valence-electron chi connectivity index (χ1n) is 5.73. The highest BCUT2D eigenvalue weighted by Crippen LogP contribution is 1.99. The lowest BCUT2D eigenvalue weighted by Gasteiger charge is -1.99. The van der Waals surface area contributed by atoms with Gasteiger partial charge in [0.05, 0.1) is 9.52 Å². The molecule has 0 atom stereocenters. The maximum absolute atomic E-state index is 5.52. The van der Waals surface area contributed by atoms with E-state index in [1.807, 2.05) is 6.07 Å². The molecule has 0 unspecified atom stereocenters. The van der Waals surface area contributed by atoms with Crippen LogP contribution >= 0.6 is 0 Å². The van der Waals surface area contributed by atoms with Gasteiger partial charge < -0.3 is 4.74 Å². The third kappa shape index (κ3) is 6.26. The summed E-state index contributed by atoms with van der Waals surface area (Å²) in [7, 11) is -0.163. The molecule has 0 aromatic heterocycles. The fraction of sp³-hybridized carbons (Fsp3) is 0.385. The second-order valence-electron chi connectivity index (χ2n) is 3.57. The molecule has 2 heteroatoms. The topological polar surface area (TPSA) is 9.23 Å². The van der Waals surface area contributed by atoms with Crippen LogP contribution in [0.5, 0.6) is 0 Å². The van der Waals surface area contributed by atoms with Crippen molar-refractivity contribution in [1.29, 1.82) is 0 Å². The predicted octanol–water partition coefficient (Wildman–Crippen LogP) is 2.60. The Labute approximate surface area is 95.0 Å². The van der Waals surface area contributed by atoms with Crippen LogP contribution in [0.25, 0.3) is 6.08 Å². The van der Waals surface area contributed by atoms with Gasteiger partial charge in [0.1, 0.15) is 0 Å². The molecule has 1 aromatic rings. The van der Waals surface area contributed by atoms with Crippen LogP contribution in [0.3, 0.4) is 0 Å². The van der Waals surface area contributed by atoms with Gasteiger partial charge in [-0.2, -0.15) is 0 Å². The molecule has 1 aromatic carbocycles. The van der Waals surface area contributed by atoms with E-state index in [4.69, 9.17) is 4.74 Å². The fourth-order valence-electron chi connectivity index (χ4n) is 1.28. The summed E-state index contributed by atoms with van der Waals surface area (Å²) in [5.41, 5.74) is 3.60. The number of benzene rings is 1. The van der Waals surface area contributed by atoms with Crippen LogP contribution in [0.1, 0.15) is 25.3 Å². The largest absolute Gasteiger partial charge is 0.385 e. The lowest BCUT2D eigenvalue weighted by Crippen LogP contribution is -2.02. The number of ether oxygens (including phenoxy) is 1. The molecule has 0 radical (unpaired) electrons. The molecular formula is C13H20OSi. The van der Waals surface area contributed by atoms with Gasteiger partial charge in [0.25, 0.3) is 0 Å². The first-order chi connectivity index (χ1) is 7.43. The van der Waals surface area contributed by atoms with Gasteiger partial charge in [0.15, 0.2) is 0 Å². The predicted molar refractivity (Wildman–Crippen MR) is 69.7 cm³/mol. The zero-order valence-corrected chi connectivity index (χ0v) is 10.9. The zero-order valence-electron chi connectivity index (χ0n) is 9.49. The molecule has 0 aliphatic rings. The summed E-state index contributed by atoms with van der Waals surface area (Å²) in [5, 5.41) is 0. The van der Waals surface area contributed by atoms with Crippen molar-refractivity contribution >= 4 is 15.6 Å². The first-order valence-corrected chi connectivity index (χ1v) is 7.54. The van der Waals surface area contributed by atoms with Crippen molar-refractivity contribution in [2.24, 2.45) is 0 Å². The molecule has 0 heterocycles. The molecule has 15 heavy (non-hydrogen) atoms. The SMILES string of the molecule is CCCCOC[SiH2]C=Cc1ccccc1. The lowest BCUT2D eigenvalue weighted by atomic mass is 10.2.